The summed E-state index contributed by atoms with van der Waals surface area (Å²) >= 11 is 7.34. The van der Waals surface area contributed by atoms with Crippen molar-refractivity contribution in [1.82, 2.24) is 4.98 Å². The van der Waals surface area contributed by atoms with Crippen LogP contribution in [-0.2, 0) is 0 Å². The molecular formula is C7H3ClNS. The highest BCUT2D eigenvalue weighted by Crippen LogP contribution is 2.26. The van der Waals surface area contributed by atoms with E-state index in [0.29, 0.717) is 5.02 Å². The summed E-state index contributed by atoms with van der Waals surface area (Å²) < 4.78 is 1.07. The number of rotatable bonds is 0. The average molecular weight is 169 g/mol. The molecular weight excluding hydrogens is 166 g/mol. The number of fused-ring (bicyclic) bond motifs is 1. The van der Waals surface area contributed by atoms with E-state index in [1.807, 2.05) is 6.07 Å². The minimum atomic E-state index is 0.712. The highest BCUT2D eigenvalue weighted by atomic mass is 35.5. The summed E-state index contributed by atoms with van der Waals surface area (Å²) in [6, 6.07) is 1.89. The number of pyridine rings is 1. The SMILES string of the molecule is Clc1cncc2c[c]sc12. The molecule has 2 aromatic heterocycles. The molecule has 3 heteroatoms. The van der Waals surface area contributed by atoms with Gasteiger partial charge in [-0.1, -0.05) is 11.6 Å². The third-order valence-electron chi connectivity index (χ3n) is 1.26. The second-order valence-corrected chi connectivity index (χ2v) is 3.16. The topological polar surface area (TPSA) is 12.9 Å². The molecule has 0 amide bonds. The molecule has 0 aliphatic carbocycles. The molecule has 2 aromatic rings. The first kappa shape index (κ1) is 6.13. The molecule has 0 aliphatic heterocycles. The van der Waals surface area contributed by atoms with E-state index < -0.39 is 0 Å². The van der Waals surface area contributed by atoms with Crippen LogP contribution in [0.3, 0.4) is 0 Å². The molecule has 0 saturated heterocycles. The zero-order chi connectivity index (χ0) is 6.97. The fourth-order valence-electron chi connectivity index (χ4n) is 0.801. The van der Waals surface area contributed by atoms with Gasteiger partial charge >= 0.3 is 0 Å². The van der Waals surface area contributed by atoms with Crippen LogP contribution in [0, 0.1) is 5.38 Å². The highest BCUT2D eigenvalue weighted by Gasteiger charge is 1.98. The lowest BCUT2D eigenvalue weighted by molar-refractivity contribution is 1.37. The Morgan fingerprint density at radius 3 is 3.20 bits per heavy atom. The first-order chi connectivity index (χ1) is 4.88. The number of aromatic nitrogens is 1. The first-order valence-corrected chi connectivity index (χ1v) is 3.96. The summed E-state index contributed by atoms with van der Waals surface area (Å²) in [6.45, 7) is 0. The predicted molar refractivity (Wildman–Crippen MR) is 43.5 cm³/mol. The standard InChI is InChI=1S/C7H3ClNS/c8-6-4-9-3-5-1-2-10-7(5)6/h1,3-4H. The van der Waals surface area contributed by atoms with E-state index >= 15 is 0 Å². The summed E-state index contributed by atoms with van der Waals surface area (Å²) in [5, 5.41) is 4.77. The van der Waals surface area contributed by atoms with Crippen molar-refractivity contribution >= 4 is 33.0 Å². The largest absolute Gasteiger partial charge is 0.262 e. The fourth-order valence-corrected chi connectivity index (χ4v) is 1.77. The van der Waals surface area contributed by atoms with Crippen molar-refractivity contribution < 1.29 is 0 Å². The molecule has 0 fully saturated rings. The van der Waals surface area contributed by atoms with Crippen LogP contribution >= 0.6 is 22.9 Å². The van der Waals surface area contributed by atoms with Gasteiger partial charge in [0.2, 0.25) is 0 Å². The first-order valence-electron chi connectivity index (χ1n) is 2.77. The maximum Gasteiger partial charge on any atom is 0.0767 e. The minimum Gasteiger partial charge on any atom is -0.262 e. The number of hydrogen-bond donors (Lipinski definition) is 0. The minimum absolute atomic E-state index is 0.712. The molecule has 0 spiro atoms. The second kappa shape index (κ2) is 2.22. The average Bonchev–Trinajstić information content (AvgIpc) is 2.36. The van der Waals surface area contributed by atoms with Gasteiger partial charge in [0.15, 0.2) is 0 Å². The van der Waals surface area contributed by atoms with Gasteiger partial charge in [0.05, 0.1) is 9.72 Å². The zero-order valence-corrected chi connectivity index (χ0v) is 6.54. The predicted octanol–water partition coefficient (Wildman–Crippen LogP) is 2.75. The molecule has 0 saturated carbocycles. The van der Waals surface area contributed by atoms with Crippen LogP contribution in [-0.4, -0.2) is 4.98 Å². The van der Waals surface area contributed by atoms with E-state index in [1.54, 1.807) is 12.4 Å². The second-order valence-electron chi connectivity index (χ2n) is 1.90. The maximum absolute atomic E-state index is 5.83. The van der Waals surface area contributed by atoms with Gasteiger partial charge in [0.1, 0.15) is 0 Å². The molecule has 10 heavy (non-hydrogen) atoms. The van der Waals surface area contributed by atoms with Crippen molar-refractivity contribution in [3.8, 4) is 0 Å². The molecule has 0 aromatic carbocycles. The molecule has 1 radical (unpaired) electrons. The molecule has 49 valence electrons. The van der Waals surface area contributed by atoms with E-state index in [2.05, 4.69) is 10.4 Å². The van der Waals surface area contributed by atoms with Crippen LogP contribution in [0.1, 0.15) is 0 Å². The highest BCUT2D eigenvalue weighted by molar-refractivity contribution is 7.17. The molecule has 0 atom stereocenters. The number of halogens is 1. The lowest BCUT2D eigenvalue weighted by Gasteiger charge is -1.88. The Morgan fingerprint density at radius 1 is 1.50 bits per heavy atom. The summed E-state index contributed by atoms with van der Waals surface area (Å²) in [7, 11) is 0. The van der Waals surface area contributed by atoms with E-state index in [9.17, 15) is 0 Å². The Labute approximate surface area is 67.3 Å². The lowest BCUT2D eigenvalue weighted by atomic mass is 10.3. The Kier molecular flexibility index (Phi) is 1.36. The van der Waals surface area contributed by atoms with Crippen molar-refractivity contribution in [1.29, 1.82) is 0 Å². The number of nitrogens with zero attached hydrogens (tertiary/aromatic N) is 1. The number of thiophene rings is 1. The van der Waals surface area contributed by atoms with Crippen LogP contribution in [0.2, 0.25) is 5.02 Å². The van der Waals surface area contributed by atoms with E-state index in [-0.39, 0.29) is 0 Å². The normalized spacial score (nSPS) is 10.5. The van der Waals surface area contributed by atoms with Gasteiger partial charge in [-0.15, -0.1) is 11.3 Å². The molecule has 0 aliphatic rings. The summed E-state index contributed by atoms with van der Waals surface area (Å²) in [5.74, 6) is 0. The quantitative estimate of drug-likeness (QED) is 0.590. The van der Waals surface area contributed by atoms with Gasteiger partial charge in [-0.2, -0.15) is 0 Å². The molecule has 2 heterocycles. The smallest absolute Gasteiger partial charge is 0.0767 e. The summed E-state index contributed by atoms with van der Waals surface area (Å²) in [5.41, 5.74) is 0. The lowest BCUT2D eigenvalue weighted by Crippen LogP contribution is -1.68. The van der Waals surface area contributed by atoms with Crippen molar-refractivity contribution in [3.63, 3.8) is 0 Å². The van der Waals surface area contributed by atoms with Gasteiger partial charge in [-0.3, -0.25) is 4.98 Å². The number of hydrogen-bond acceptors (Lipinski definition) is 2. The Morgan fingerprint density at radius 2 is 2.40 bits per heavy atom. The third kappa shape index (κ3) is 0.805. The zero-order valence-electron chi connectivity index (χ0n) is 4.97. The van der Waals surface area contributed by atoms with Crippen LogP contribution < -0.4 is 0 Å². The maximum atomic E-state index is 5.83. The molecule has 2 rings (SSSR count). The fraction of sp³-hybridized carbons (Fsp3) is 0. The van der Waals surface area contributed by atoms with Gasteiger partial charge in [-0.25, -0.2) is 0 Å². The van der Waals surface area contributed by atoms with Crippen LogP contribution in [0.15, 0.2) is 18.5 Å². The van der Waals surface area contributed by atoms with Gasteiger partial charge in [0, 0.05) is 23.2 Å². The van der Waals surface area contributed by atoms with E-state index in [1.165, 1.54) is 11.3 Å². The molecule has 1 nitrogen and oxygen atoms in total. The van der Waals surface area contributed by atoms with Crippen molar-refractivity contribution in [2.24, 2.45) is 0 Å². The molecule has 0 N–H and O–H groups in total. The van der Waals surface area contributed by atoms with Crippen molar-refractivity contribution in [3.05, 3.63) is 28.9 Å². The molecule has 0 bridgehead atoms. The summed E-state index contributed by atoms with van der Waals surface area (Å²) in [4.78, 5) is 3.94. The van der Waals surface area contributed by atoms with Crippen LogP contribution in [0.25, 0.3) is 10.1 Å². The Hall–Kier alpha value is -0.600. The van der Waals surface area contributed by atoms with Crippen LogP contribution in [0.4, 0.5) is 0 Å². The monoisotopic (exact) mass is 168 g/mol. The van der Waals surface area contributed by atoms with E-state index in [0.717, 1.165) is 10.1 Å². The summed E-state index contributed by atoms with van der Waals surface area (Å²) in [6.07, 6.45) is 3.43. The Bertz CT molecular complexity index is 355. The molecule has 0 unspecified atom stereocenters. The van der Waals surface area contributed by atoms with Crippen molar-refractivity contribution in [2.75, 3.05) is 0 Å². The van der Waals surface area contributed by atoms with E-state index in [4.69, 9.17) is 11.6 Å². The van der Waals surface area contributed by atoms with Gasteiger partial charge in [-0.05, 0) is 6.07 Å². The Balaban J connectivity index is 2.95. The van der Waals surface area contributed by atoms with Gasteiger partial charge in [0.25, 0.3) is 0 Å². The third-order valence-corrected chi connectivity index (χ3v) is 2.55. The van der Waals surface area contributed by atoms with Crippen molar-refractivity contribution in [2.45, 2.75) is 0 Å². The van der Waals surface area contributed by atoms with Gasteiger partial charge < -0.3 is 0 Å². The van der Waals surface area contributed by atoms with Crippen LogP contribution in [0.5, 0.6) is 0 Å².